The smallest absolute Gasteiger partial charge is 0.240 e. The molecule has 30 heavy (non-hydrogen) atoms. The number of thioether (sulfide) groups is 1. The van der Waals surface area contributed by atoms with Gasteiger partial charge < -0.3 is 4.57 Å². The predicted molar refractivity (Wildman–Crippen MR) is 128 cm³/mol. The summed E-state index contributed by atoms with van der Waals surface area (Å²) in [5, 5.41) is 5.82. The third kappa shape index (κ3) is 5.82. The maximum Gasteiger partial charge on any atom is 0.240 e. The molecule has 0 bridgehead atoms. The average Bonchev–Trinajstić information content (AvgIpc) is 2.99. The number of hydrogen-bond donors (Lipinski definition) is 1. The molecule has 0 atom stereocenters. The first-order chi connectivity index (χ1) is 14.3. The molecule has 1 aromatic heterocycles. The molecule has 0 aliphatic heterocycles. The van der Waals surface area contributed by atoms with Crippen LogP contribution in [0.5, 0.6) is 0 Å². The zero-order valence-corrected chi connectivity index (χ0v) is 19.5. The van der Waals surface area contributed by atoms with Crippen molar-refractivity contribution >= 4 is 58.7 Å². The van der Waals surface area contributed by atoms with Crippen LogP contribution in [0.4, 0.5) is 0 Å². The van der Waals surface area contributed by atoms with Crippen LogP contribution in [0.2, 0.25) is 15.1 Å². The van der Waals surface area contributed by atoms with Crippen LogP contribution < -0.4 is 5.43 Å². The summed E-state index contributed by atoms with van der Waals surface area (Å²) >= 11 is 19.6. The molecule has 0 saturated carbocycles. The predicted octanol–water partition coefficient (Wildman–Crippen LogP) is 6.69. The fourth-order valence-corrected chi connectivity index (χ4v) is 4.23. The molecule has 1 heterocycles. The van der Waals surface area contributed by atoms with Gasteiger partial charge in [0, 0.05) is 44.7 Å². The molecule has 8 heteroatoms. The number of nitrogens with zero attached hydrogens (tertiary/aromatic N) is 2. The van der Waals surface area contributed by atoms with E-state index in [0.29, 0.717) is 27.2 Å². The van der Waals surface area contributed by atoms with E-state index in [1.54, 1.807) is 24.0 Å². The Hall–Kier alpha value is -1.92. The Kier molecular flexibility index (Phi) is 7.89. The van der Waals surface area contributed by atoms with Crippen LogP contribution in [0.25, 0.3) is 5.69 Å². The summed E-state index contributed by atoms with van der Waals surface area (Å²) in [4.78, 5) is 13.1. The average molecular weight is 481 g/mol. The van der Waals surface area contributed by atoms with Crippen molar-refractivity contribution in [1.29, 1.82) is 0 Å². The number of aromatic nitrogens is 1. The van der Waals surface area contributed by atoms with E-state index in [-0.39, 0.29) is 5.91 Å². The molecule has 156 valence electrons. The van der Waals surface area contributed by atoms with Crippen molar-refractivity contribution < 1.29 is 4.79 Å². The zero-order valence-electron chi connectivity index (χ0n) is 16.5. The van der Waals surface area contributed by atoms with E-state index in [0.717, 1.165) is 27.5 Å². The van der Waals surface area contributed by atoms with Crippen LogP contribution >= 0.6 is 46.6 Å². The second kappa shape index (κ2) is 10.4. The molecule has 3 rings (SSSR count). The first-order valence-electron chi connectivity index (χ1n) is 9.20. The lowest BCUT2D eigenvalue weighted by Crippen LogP contribution is -2.17. The molecule has 1 amide bonds. The van der Waals surface area contributed by atoms with E-state index in [9.17, 15) is 4.79 Å². The van der Waals surface area contributed by atoms with Gasteiger partial charge in [-0.3, -0.25) is 4.79 Å². The number of aryl methyl sites for hydroxylation is 1. The molecule has 0 unspecified atom stereocenters. The summed E-state index contributed by atoms with van der Waals surface area (Å²) in [7, 11) is 0. The number of benzene rings is 2. The van der Waals surface area contributed by atoms with Crippen LogP contribution in [0.3, 0.4) is 0 Å². The van der Waals surface area contributed by atoms with Crippen molar-refractivity contribution in [2.45, 2.75) is 25.2 Å². The number of halogens is 3. The molecule has 0 saturated heterocycles. The highest BCUT2D eigenvalue weighted by Crippen LogP contribution is 2.27. The van der Waals surface area contributed by atoms with E-state index < -0.39 is 0 Å². The second-order valence-electron chi connectivity index (χ2n) is 6.61. The van der Waals surface area contributed by atoms with Crippen molar-refractivity contribution in [1.82, 2.24) is 9.99 Å². The van der Waals surface area contributed by atoms with Crippen molar-refractivity contribution in [3.05, 3.63) is 80.6 Å². The summed E-state index contributed by atoms with van der Waals surface area (Å²) in [6.45, 7) is 3.99. The number of hydrogen-bond acceptors (Lipinski definition) is 3. The Morgan fingerprint density at radius 3 is 2.50 bits per heavy atom. The minimum absolute atomic E-state index is 0.133. The Bertz CT molecular complexity index is 1080. The van der Waals surface area contributed by atoms with Gasteiger partial charge >= 0.3 is 0 Å². The number of hydrazone groups is 1. The molecule has 4 nitrogen and oxygen atoms in total. The third-order valence-electron chi connectivity index (χ3n) is 4.44. The topological polar surface area (TPSA) is 46.4 Å². The number of rotatable bonds is 7. The summed E-state index contributed by atoms with van der Waals surface area (Å²) < 4.78 is 2.06. The van der Waals surface area contributed by atoms with E-state index in [2.05, 4.69) is 15.1 Å². The first-order valence-corrected chi connectivity index (χ1v) is 11.3. The van der Waals surface area contributed by atoms with Crippen molar-refractivity contribution in [2.75, 3.05) is 5.75 Å². The van der Waals surface area contributed by atoms with Gasteiger partial charge in [-0.15, -0.1) is 11.8 Å². The van der Waals surface area contributed by atoms with Crippen molar-refractivity contribution in [3.63, 3.8) is 0 Å². The number of carbonyl (C=O) groups excluding carboxylic acids is 1. The molecule has 3 aromatic rings. The fraction of sp³-hybridized carbons (Fsp3) is 0.182. The summed E-state index contributed by atoms with van der Waals surface area (Å²) in [5.74, 6) is 0.528. The fourth-order valence-electron chi connectivity index (χ4n) is 2.96. The molecule has 2 aromatic carbocycles. The molecule has 0 spiro atoms. The molecular formula is C22H20Cl3N3OS. The van der Waals surface area contributed by atoms with Gasteiger partial charge in [-0.2, -0.15) is 5.10 Å². The highest BCUT2D eigenvalue weighted by molar-refractivity contribution is 7.99. The normalized spacial score (nSPS) is 11.2. The molecule has 0 aliphatic rings. The van der Waals surface area contributed by atoms with E-state index >= 15 is 0 Å². The maximum absolute atomic E-state index is 12.0. The minimum Gasteiger partial charge on any atom is -0.318 e. The Morgan fingerprint density at radius 1 is 1.07 bits per heavy atom. The number of amides is 1. The third-order valence-corrected chi connectivity index (χ3v) is 6.44. The van der Waals surface area contributed by atoms with Gasteiger partial charge in [-0.25, -0.2) is 5.43 Å². The quantitative estimate of drug-likeness (QED) is 0.233. The maximum atomic E-state index is 12.0. The lowest BCUT2D eigenvalue weighted by atomic mass is 10.2. The molecule has 0 fully saturated rings. The van der Waals surface area contributed by atoms with Gasteiger partial charge in [0.2, 0.25) is 5.91 Å². The van der Waals surface area contributed by atoms with E-state index in [1.807, 2.05) is 56.3 Å². The van der Waals surface area contributed by atoms with Crippen LogP contribution in [-0.4, -0.2) is 22.4 Å². The Labute approximate surface area is 195 Å². The Morgan fingerprint density at radius 2 is 1.80 bits per heavy atom. The van der Waals surface area contributed by atoms with Gasteiger partial charge in [0.25, 0.3) is 0 Å². The van der Waals surface area contributed by atoms with Crippen LogP contribution in [-0.2, 0) is 4.79 Å². The highest BCUT2D eigenvalue weighted by atomic mass is 35.5. The van der Waals surface area contributed by atoms with Gasteiger partial charge in [-0.1, -0.05) is 34.8 Å². The highest BCUT2D eigenvalue weighted by Gasteiger charge is 2.11. The number of nitrogens with one attached hydrogen (secondary N) is 1. The molecule has 0 radical (unpaired) electrons. The lowest BCUT2D eigenvalue weighted by molar-refractivity contribution is -0.120. The van der Waals surface area contributed by atoms with Crippen LogP contribution in [0, 0.1) is 13.8 Å². The summed E-state index contributed by atoms with van der Waals surface area (Å²) in [5.41, 5.74) is 6.43. The van der Waals surface area contributed by atoms with E-state index in [4.69, 9.17) is 34.8 Å². The van der Waals surface area contributed by atoms with E-state index in [1.165, 1.54) is 0 Å². The molecule has 1 N–H and O–H groups in total. The summed E-state index contributed by atoms with van der Waals surface area (Å²) in [6, 6.07) is 15.1. The van der Waals surface area contributed by atoms with Crippen molar-refractivity contribution in [3.8, 4) is 5.69 Å². The zero-order chi connectivity index (χ0) is 21.7. The molecular weight excluding hydrogens is 461 g/mol. The van der Waals surface area contributed by atoms with Gasteiger partial charge in [0.1, 0.15) is 0 Å². The van der Waals surface area contributed by atoms with Gasteiger partial charge in [0.05, 0.1) is 16.3 Å². The number of carbonyl (C=O) groups is 1. The SMILES string of the molecule is Cc1cc(/C=N/NC(=O)CCSc2ccc(Cl)cc2)c(C)n1-c1ccc(Cl)c(Cl)c1. The van der Waals surface area contributed by atoms with Gasteiger partial charge in [0.15, 0.2) is 0 Å². The lowest BCUT2D eigenvalue weighted by Gasteiger charge is -2.10. The standard InChI is InChI=1S/C22H20Cl3N3OS/c1-14-11-16(15(2)28(14)18-5-8-20(24)21(25)12-18)13-26-27-22(29)9-10-30-19-6-3-17(23)4-7-19/h3-8,11-13H,9-10H2,1-2H3,(H,27,29)/b26-13+. The van der Waals surface area contributed by atoms with Crippen LogP contribution in [0.1, 0.15) is 23.4 Å². The Balaban J connectivity index is 1.57. The second-order valence-corrected chi connectivity index (χ2v) is 9.03. The van der Waals surface area contributed by atoms with Crippen molar-refractivity contribution in [2.24, 2.45) is 5.10 Å². The van der Waals surface area contributed by atoms with Gasteiger partial charge in [-0.05, 0) is 62.4 Å². The molecule has 0 aliphatic carbocycles. The monoisotopic (exact) mass is 479 g/mol. The summed E-state index contributed by atoms with van der Waals surface area (Å²) in [6.07, 6.45) is 2.02. The minimum atomic E-state index is -0.133. The largest absolute Gasteiger partial charge is 0.318 e. The first kappa shape index (κ1) is 22.8. The van der Waals surface area contributed by atoms with Crippen LogP contribution in [0.15, 0.2) is 58.5 Å².